The summed E-state index contributed by atoms with van der Waals surface area (Å²) < 4.78 is 2.31. The zero-order chi connectivity index (χ0) is 24.9. The summed E-state index contributed by atoms with van der Waals surface area (Å²) in [5.41, 5.74) is 10.9. The quantitative estimate of drug-likeness (QED) is 0.226. The standard InChI is InChI=1S/C31H25N5O/c1-2-36-28-9-4-3-7-23(28)25-16-19(10-15-29(25)36)18-32-35-31(37)27-17-26(33-34-27)22-14-13-21-12-11-20-6-5-8-24(22)30(20)21/h3-10,13-18H,2,11-12H2,1H3,(H,33,34)(H,35,37)/b32-18+. The Morgan fingerprint density at radius 2 is 1.76 bits per heavy atom. The number of aromatic amines is 1. The number of fused-ring (bicyclic) bond motifs is 3. The molecular formula is C31H25N5O. The maximum Gasteiger partial charge on any atom is 0.289 e. The first-order valence-corrected chi connectivity index (χ1v) is 12.6. The highest BCUT2D eigenvalue weighted by Gasteiger charge is 2.18. The Balaban J connectivity index is 1.13. The number of hydrogen-bond acceptors (Lipinski definition) is 3. The van der Waals surface area contributed by atoms with Crippen molar-refractivity contribution in [2.24, 2.45) is 5.10 Å². The van der Waals surface area contributed by atoms with Crippen molar-refractivity contribution in [3.8, 4) is 11.3 Å². The van der Waals surface area contributed by atoms with Gasteiger partial charge >= 0.3 is 0 Å². The van der Waals surface area contributed by atoms with E-state index in [-0.39, 0.29) is 5.91 Å². The van der Waals surface area contributed by atoms with E-state index in [1.54, 1.807) is 12.3 Å². The van der Waals surface area contributed by atoms with Crippen LogP contribution in [-0.2, 0) is 19.4 Å². The first kappa shape index (κ1) is 21.6. The number of hydrazone groups is 1. The number of carbonyl (C=O) groups excluding carboxylic acids is 1. The number of aromatic nitrogens is 3. The molecule has 0 spiro atoms. The molecule has 4 aromatic carbocycles. The zero-order valence-corrected chi connectivity index (χ0v) is 20.5. The van der Waals surface area contributed by atoms with Crippen molar-refractivity contribution in [2.75, 3.05) is 0 Å². The minimum Gasteiger partial charge on any atom is -0.341 e. The number of aryl methyl sites for hydroxylation is 3. The molecule has 0 atom stereocenters. The van der Waals surface area contributed by atoms with Gasteiger partial charge in [0.1, 0.15) is 5.69 Å². The number of hydrogen-bond donors (Lipinski definition) is 2. The third-order valence-electron chi connectivity index (χ3n) is 7.47. The van der Waals surface area contributed by atoms with E-state index in [1.165, 1.54) is 43.7 Å². The number of para-hydroxylation sites is 1. The molecule has 0 aliphatic heterocycles. The Morgan fingerprint density at radius 3 is 2.65 bits per heavy atom. The fourth-order valence-corrected chi connectivity index (χ4v) is 5.76. The van der Waals surface area contributed by atoms with Gasteiger partial charge in [-0.3, -0.25) is 9.89 Å². The Morgan fingerprint density at radius 1 is 0.946 bits per heavy atom. The van der Waals surface area contributed by atoms with Crippen molar-refractivity contribution in [3.63, 3.8) is 0 Å². The highest BCUT2D eigenvalue weighted by molar-refractivity contribution is 6.09. The second kappa shape index (κ2) is 8.45. The smallest absolute Gasteiger partial charge is 0.289 e. The predicted molar refractivity (Wildman–Crippen MR) is 149 cm³/mol. The molecule has 0 unspecified atom stereocenters. The molecule has 2 heterocycles. The maximum absolute atomic E-state index is 12.8. The molecule has 0 fully saturated rings. The molecule has 180 valence electrons. The zero-order valence-electron chi connectivity index (χ0n) is 20.5. The molecular weight excluding hydrogens is 458 g/mol. The van der Waals surface area contributed by atoms with E-state index in [4.69, 9.17) is 0 Å². The summed E-state index contributed by atoms with van der Waals surface area (Å²) in [6, 6.07) is 27.2. The minimum atomic E-state index is -0.329. The number of amides is 1. The fourth-order valence-electron chi connectivity index (χ4n) is 5.76. The number of carbonyl (C=O) groups is 1. The number of nitrogens with zero attached hydrogens (tertiary/aromatic N) is 3. The highest BCUT2D eigenvalue weighted by Crippen LogP contribution is 2.36. The van der Waals surface area contributed by atoms with Crippen LogP contribution in [0.2, 0.25) is 0 Å². The van der Waals surface area contributed by atoms with E-state index < -0.39 is 0 Å². The summed E-state index contributed by atoms with van der Waals surface area (Å²) in [6.45, 7) is 3.06. The Labute approximate surface area is 213 Å². The third-order valence-corrected chi connectivity index (χ3v) is 7.47. The average molecular weight is 484 g/mol. The first-order valence-electron chi connectivity index (χ1n) is 12.6. The van der Waals surface area contributed by atoms with E-state index >= 15 is 0 Å². The van der Waals surface area contributed by atoms with Gasteiger partial charge in [0, 0.05) is 33.9 Å². The topological polar surface area (TPSA) is 75.1 Å². The van der Waals surface area contributed by atoms with E-state index in [0.29, 0.717) is 5.69 Å². The molecule has 2 N–H and O–H groups in total. The first-order chi connectivity index (χ1) is 18.2. The lowest BCUT2D eigenvalue weighted by Gasteiger charge is -2.06. The lowest BCUT2D eigenvalue weighted by molar-refractivity contribution is 0.0950. The number of nitrogens with one attached hydrogen (secondary N) is 2. The molecule has 6 aromatic rings. The van der Waals surface area contributed by atoms with Crippen molar-refractivity contribution < 1.29 is 4.79 Å². The summed E-state index contributed by atoms with van der Waals surface area (Å²) in [7, 11) is 0. The summed E-state index contributed by atoms with van der Waals surface area (Å²) >= 11 is 0. The number of H-pyrrole nitrogens is 1. The van der Waals surface area contributed by atoms with Crippen LogP contribution in [0, 0.1) is 0 Å². The van der Waals surface area contributed by atoms with Crippen LogP contribution in [0.1, 0.15) is 34.1 Å². The molecule has 0 saturated heterocycles. The van der Waals surface area contributed by atoms with Crippen LogP contribution in [0.15, 0.2) is 84.0 Å². The van der Waals surface area contributed by atoms with Gasteiger partial charge in [-0.05, 0) is 71.5 Å². The van der Waals surface area contributed by atoms with Gasteiger partial charge in [-0.25, -0.2) is 5.43 Å². The third kappa shape index (κ3) is 3.44. The second-order valence-corrected chi connectivity index (χ2v) is 9.52. The van der Waals surface area contributed by atoms with Crippen LogP contribution < -0.4 is 5.43 Å². The summed E-state index contributed by atoms with van der Waals surface area (Å²) in [6.07, 6.45) is 3.84. The van der Waals surface area contributed by atoms with Crippen LogP contribution in [0.25, 0.3) is 43.8 Å². The van der Waals surface area contributed by atoms with Crippen LogP contribution in [0.4, 0.5) is 0 Å². The van der Waals surface area contributed by atoms with E-state index in [9.17, 15) is 4.79 Å². The molecule has 1 aliphatic rings. The number of benzene rings is 4. The SMILES string of the molecule is CCn1c2ccccc2c2cc(/C=N/NC(=O)c3cc(-c4ccc5c6c(cccc46)CC5)n[nH]3)ccc21. The Bertz CT molecular complexity index is 1860. The van der Waals surface area contributed by atoms with E-state index in [1.807, 2.05) is 6.07 Å². The van der Waals surface area contributed by atoms with Gasteiger partial charge in [0.2, 0.25) is 0 Å². The lowest BCUT2D eigenvalue weighted by atomic mass is 9.98. The fraction of sp³-hybridized carbons (Fsp3) is 0.129. The Kier molecular flexibility index (Phi) is 4.92. The molecule has 0 radical (unpaired) electrons. The van der Waals surface area contributed by atoms with Gasteiger partial charge in [0.25, 0.3) is 5.91 Å². The monoisotopic (exact) mass is 483 g/mol. The van der Waals surface area contributed by atoms with E-state index in [0.717, 1.165) is 36.2 Å². The average Bonchev–Trinajstić information content (AvgIpc) is 3.66. The van der Waals surface area contributed by atoms with Gasteiger partial charge in [-0.1, -0.05) is 54.6 Å². The van der Waals surface area contributed by atoms with Crippen LogP contribution in [0.5, 0.6) is 0 Å². The number of rotatable bonds is 5. The Hall–Kier alpha value is -4.71. The van der Waals surface area contributed by atoms with Crippen LogP contribution in [0.3, 0.4) is 0 Å². The van der Waals surface area contributed by atoms with Crippen molar-refractivity contribution in [1.82, 2.24) is 20.2 Å². The normalized spacial score (nSPS) is 12.9. The molecule has 2 aromatic heterocycles. The van der Waals surface area contributed by atoms with E-state index in [2.05, 4.69) is 98.9 Å². The summed E-state index contributed by atoms with van der Waals surface area (Å²) in [5, 5.41) is 16.4. The molecule has 0 saturated carbocycles. The summed E-state index contributed by atoms with van der Waals surface area (Å²) in [4.78, 5) is 12.8. The highest BCUT2D eigenvalue weighted by atomic mass is 16.2. The van der Waals surface area contributed by atoms with Crippen LogP contribution in [-0.4, -0.2) is 26.9 Å². The van der Waals surface area contributed by atoms with Crippen molar-refractivity contribution >= 4 is 44.7 Å². The van der Waals surface area contributed by atoms with Gasteiger partial charge in [-0.15, -0.1) is 0 Å². The minimum absolute atomic E-state index is 0.329. The molecule has 37 heavy (non-hydrogen) atoms. The molecule has 1 amide bonds. The molecule has 6 heteroatoms. The lowest BCUT2D eigenvalue weighted by Crippen LogP contribution is -2.18. The van der Waals surface area contributed by atoms with Crippen molar-refractivity contribution in [1.29, 1.82) is 0 Å². The van der Waals surface area contributed by atoms with Crippen molar-refractivity contribution in [3.05, 3.63) is 101 Å². The predicted octanol–water partition coefficient (Wildman–Crippen LogP) is 6.22. The molecule has 1 aliphatic carbocycles. The summed E-state index contributed by atoms with van der Waals surface area (Å²) in [5.74, 6) is -0.329. The molecule has 6 nitrogen and oxygen atoms in total. The van der Waals surface area contributed by atoms with Crippen LogP contribution >= 0.6 is 0 Å². The van der Waals surface area contributed by atoms with Gasteiger partial charge in [-0.2, -0.15) is 10.2 Å². The van der Waals surface area contributed by atoms with Gasteiger partial charge in [0.15, 0.2) is 0 Å². The maximum atomic E-state index is 12.8. The largest absolute Gasteiger partial charge is 0.341 e. The van der Waals surface area contributed by atoms with Gasteiger partial charge < -0.3 is 4.57 Å². The molecule has 7 rings (SSSR count). The molecule has 0 bridgehead atoms. The van der Waals surface area contributed by atoms with Crippen molar-refractivity contribution in [2.45, 2.75) is 26.3 Å². The van der Waals surface area contributed by atoms with Gasteiger partial charge in [0.05, 0.1) is 11.9 Å². The second-order valence-electron chi connectivity index (χ2n) is 9.52.